The number of hydrogen-bond donors (Lipinski definition) is 1. The Hall–Kier alpha value is -1.84. The normalized spacial score (nSPS) is 12.1. The van der Waals surface area contributed by atoms with Crippen molar-refractivity contribution >= 4 is 0 Å². The number of aliphatic hydroxyl groups is 1. The lowest BCUT2D eigenvalue weighted by Gasteiger charge is -2.16. The van der Waals surface area contributed by atoms with Gasteiger partial charge in [0.1, 0.15) is 12.4 Å². The number of aryl methyl sites for hydroxylation is 1. The number of ether oxygens (including phenoxy) is 2. The van der Waals surface area contributed by atoms with Gasteiger partial charge in [-0.1, -0.05) is 48.0 Å². The van der Waals surface area contributed by atoms with E-state index >= 15 is 0 Å². The summed E-state index contributed by atoms with van der Waals surface area (Å²) in [5.41, 5.74) is 3.14. The molecule has 112 valence electrons. The summed E-state index contributed by atoms with van der Waals surface area (Å²) in [6.07, 6.45) is -0.00302. The van der Waals surface area contributed by atoms with Crippen LogP contribution in [0.25, 0.3) is 0 Å². The van der Waals surface area contributed by atoms with Crippen LogP contribution >= 0.6 is 0 Å². The minimum absolute atomic E-state index is 0.477. The second kappa shape index (κ2) is 7.81. The smallest absolute Gasteiger partial charge is 0.125 e. The predicted molar refractivity (Wildman–Crippen MR) is 83.7 cm³/mol. The number of methoxy groups -OCH3 is 1. The molecule has 0 heterocycles. The van der Waals surface area contributed by atoms with Crippen molar-refractivity contribution in [2.24, 2.45) is 0 Å². The van der Waals surface area contributed by atoms with Gasteiger partial charge in [-0.25, -0.2) is 0 Å². The molecule has 0 aliphatic rings. The van der Waals surface area contributed by atoms with Crippen LogP contribution in [0.1, 0.15) is 22.8 Å². The third kappa shape index (κ3) is 4.59. The van der Waals surface area contributed by atoms with E-state index in [-0.39, 0.29) is 0 Å². The summed E-state index contributed by atoms with van der Waals surface area (Å²) < 4.78 is 10.7. The molecule has 21 heavy (non-hydrogen) atoms. The van der Waals surface area contributed by atoms with Crippen LogP contribution in [-0.4, -0.2) is 25.4 Å². The SMILES string of the molecule is COCCOc1ccccc1C(O)Cc1ccc(C)cc1. The van der Waals surface area contributed by atoms with Gasteiger partial charge in [0.2, 0.25) is 0 Å². The van der Waals surface area contributed by atoms with Gasteiger partial charge in [0, 0.05) is 19.1 Å². The molecular weight excluding hydrogens is 264 g/mol. The number of rotatable bonds is 7. The zero-order valence-corrected chi connectivity index (χ0v) is 12.6. The molecule has 1 atom stereocenters. The molecule has 3 heteroatoms. The summed E-state index contributed by atoms with van der Waals surface area (Å²) in [6, 6.07) is 15.8. The molecule has 2 aromatic carbocycles. The topological polar surface area (TPSA) is 38.7 Å². The monoisotopic (exact) mass is 286 g/mol. The Balaban J connectivity index is 2.07. The van der Waals surface area contributed by atoms with Crippen LogP contribution in [0.3, 0.4) is 0 Å². The van der Waals surface area contributed by atoms with Crippen molar-refractivity contribution in [3.05, 3.63) is 65.2 Å². The number of aliphatic hydroxyl groups excluding tert-OH is 1. The van der Waals surface area contributed by atoms with E-state index in [9.17, 15) is 5.11 Å². The fraction of sp³-hybridized carbons (Fsp3) is 0.333. The van der Waals surface area contributed by atoms with Crippen molar-refractivity contribution in [1.82, 2.24) is 0 Å². The van der Waals surface area contributed by atoms with Gasteiger partial charge in [0.05, 0.1) is 12.7 Å². The molecule has 2 rings (SSSR count). The molecule has 0 aromatic heterocycles. The van der Waals surface area contributed by atoms with E-state index in [0.717, 1.165) is 11.1 Å². The molecule has 0 aliphatic carbocycles. The van der Waals surface area contributed by atoms with E-state index in [1.165, 1.54) is 5.56 Å². The van der Waals surface area contributed by atoms with Crippen LogP contribution < -0.4 is 4.74 Å². The fourth-order valence-electron chi connectivity index (χ4n) is 2.18. The van der Waals surface area contributed by atoms with E-state index in [0.29, 0.717) is 25.4 Å². The summed E-state index contributed by atoms with van der Waals surface area (Å²) in [6.45, 7) is 3.06. The second-order valence-corrected chi connectivity index (χ2v) is 5.08. The Bertz CT molecular complexity index is 549. The maximum atomic E-state index is 10.5. The highest BCUT2D eigenvalue weighted by Gasteiger charge is 2.13. The maximum Gasteiger partial charge on any atom is 0.125 e. The molecule has 0 radical (unpaired) electrons. The van der Waals surface area contributed by atoms with Crippen LogP contribution in [0.15, 0.2) is 48.5 Å². The molecule has 0 saturated carbocycles. The first kappa shape index (κ1) is 15.5. The average Bonchev–Trinajstić information content (AvgIpc) is 2.50. The van der Waals surface area contributed by atoms with E-state index in [2.05, 4.69) is 19.1 Å². The lowest BCUT2D eigenvalue weighted by molar-refractivity contribution is 0.138. The summed E-state index contributed by atoms with van der Waals surface area (Å²) in [5, 5.41) is 10.5. The fourth-order valence-corrected chi connectivity index (χ4v) is 2.18. The van der Waals surface area contributed by atoms with Crippen LogP contribution in [0, 0.1) is 6.92 Å². The Morgan fingerprint density at radius 1 is 1.00 bits per heavy atom. The summed E-state index contributed by atoms with van der Waals surface area (Å²) >= 11 is 0. The largest absolute Gasteiger partial charge is 0.491 e. The van der Waals surface area contributed by atoms with Gasteiger partial charge in [-0.15, -0.1) is 0 Å². The number of hydrogen-bond acceptors (Lipinski definition) is 3. The van der Waals surface area contributed by atoms with Crippen LogP contribution in [0.2, 0.25) is 0 Å². The Kier molecular flexibility index (Phi) is 5.78. The van der Waals surface area contributed by atoms with Crippen molar-refractivity contribution in [2.45, 2.75) is 19.4 Å². The second-order valence-electron chi connectivity index (χ2n) is 5.08. The van der Waals surface area contributed by atoms with E-state index < -0.39 is 6.10 Å². The third-order valence-corrected chi connectivity index (χ3v) is 3.37. The van der Waals surface area contributed by atoms with Gasteiger partial charge in [-0.05, 0) is 18.6 Å². The molecule has 0 saturated heterocycles. The molecule has 1 unspecified atom stereocenters. The first-order valence-electron chi connectivity index (χ1n) is 7.15. The lowest BCUT2D eigenvalue weighted by Crippen LogP contribution is -2.09. The van der Waals surface area contributed by atoms with Crippen molar-refractivity contribution in [1.29, 1.82) is 0 Å². The first-order valence-corrected chi connectivity index (χ1v) is 7.15. The maximum absolute atomic E-state index is 10.5. The Morgan fingerprint density at radius 3 is 2.43 bits per heavy atom. The third-order valence-electron chi connectivity index (χ3n) is 3.37. The molecule has 0 aliphatic heterocycles. The molecule has 0 bridgehead atoms. The molecule has 0 fully saturated rings. The van der Waals surface area contributed by atoms with Crippen LogP contribution in [-0.2, 0) is 11.2 Å². The van der Waals surface area contributed by atoms with E-state index in [1.54, 1.807) is 7.11 Å². The van der Waals surface area contributed by atoms with E-state index in [4.69, 9.17) is 9.47 Å². The zero-order valence-electron chi connectivity index (χ0n) is 12.6. The average molecular weight is 286 g/mol. The predicted octanol–water partition coefficient (Wildman–Crippen LogP) is 3.30. The van der Waals surface area contributed by atoms with Gasteiger partial charge < -0.3 is 14.6 Å². The standard InChI is InChI=1S/C18H22O3/c1-14-7-9-15(10-8-14)13-17(19)16-5-3-4-6-18(16)21-12-11-20-2/h3-10,17,19H,11-13H2,1-2H3. The van der Waals surface area contributed by atoms with Gasteiger partial charge in [-0.2, -0.15) is 0 Å². The van der Waals surface area contributed by atoms with Gasteiger partial charge in [0.25, 0.3) is 0 Å². The highest BCUT2D eigenvalue weighted by Crippen LogP contribution is 2.27. The summed E-state index contributed by atoms with van der Waals surface area (Å²) in [5.74, 6) is 0.717. The van der Waals surface area contributed by atoms with Crippen molar-refractivity contribution in [3.8, 4) is 5.75 Å². The highest BCUT2D eigenvalue weighted by molar-refractivity contribution is 5.36. The summed E-state index contributed by atoms with van der Waals surface area (Å²) in [7, 11) is 1.64. The van der Waals surface area contributed by atoms with Crippen molar-refractivity contribution in [3.63, 3.8) is 0 Å². The van der Waals surface area contributed by atoms with Crippen molar-refractivity contribution in [2.75, 3.05) is 20.3 Å². The molecule has 2 aromatic rings. The van der Waals surface area contributed by atoms with E-state index in [1.807, 2.05) is 36.4 Å². The molecule has 1 N–H and O–H groups in total. The van der Waals surface area contributed by atoms with Crippen molar-refractivity contribution < 1.29 is 14.6 Å². The lowest BCUT2D eigenvalue weighted by atomic mass is 10.00. The zero-order chi connectivity index (χ0) is 15.1. The molecule has 0 amide bonds. The minimum atomic E-state index is -0.577. The summed E-state index contributed by atoms with van der Waals surface area (Å²) in [4.78, 5) is 0. The van der Waals surface area contributed by atoms with Gasteiger partial charge in [-0.3, -0.25) is 0 Å². The molecular formula is C18H22O3. The number of para-hydroxylation sites is 1. The Labute approximate surface area is 126 Å². The van der Waals surface area contributed by atoms with Gasteiger partial charge >= 0.3 is 0 Å². The van der Waals surface area contributed by atoms with Gasteiger partial charge in [0.15, 0.2) is 0 Å². The minimum Gasteiger partial charge on any atom is -0.491 e. The molecule has 0 spiro atoms. The Morgan fingerprint density at radius 2 is 1.71 bits per heavy atom. The quantitative estimate of drug-likeness (QED) is 0.794. The van der Waals surface area contributed by atoms with Crippen LogP contribution in [0.4, 0.5) is 0 Å². The molecule has 3 nitrogen and oxygen atoms in total. The number of benzene rings is 2. The highest BCUT2D eigenvalue weighted by atomic mass is 16.5. The van der Waals surface area contributed by atoms with Crippen LogP contribution in [0.5, 0.6) is 5.75 Å². The first-order chi connectivity index (χ1) is 10.2.